The molecule has 0 atom stereocenters. The average Bonchev–Trinajstić information content (AvgIpc) is 2.91. The van der Waals surface area contributed by atoms with E-state index < -0.39 is 0 Å². The molecule has 19 heavy (non-hydrogen) atoms. The van der Waals surface area contributed by atoms with Gasteiger partial charge in [-0.05, 0) is 38.3 Å². The summed E-state index contributed by atoms with van der Waals surface area (Å²) in [6, 6.07) is 4.20. The van der Waals surface area contributed by atoms with Gasteiger partial charge in [0.15, 0.2) is 0 Å². The van der Waals surface area contributed by atoms with Crippen molar-refractivity contribution in [1.82, 2.24) is 14.8 Å². The quantitative estimate of drug-likeness (QED) is 0.797. The van der Waals surface area contributed by atoms with Gasteiger partial charge in [-0.15, -0.1) is 0 Å². The lowest BCUT2D eigenvalue weighted by Crippen LogP contribution is -2.37. The first-order valence-corrected chi connectivity index (χ1v) is 7.43. The first-order chi connectivity index (χ1) is 9.31. The third-order valence-electron chi connectivity index (χ3n) is 3.79. The Labute approximate surface area is 115 Å². The Morgan fingerprint density at radius 2 is 2.11 bits per heavy atom. The minimum Gasteiger partial charge on any atom is -0.351 e. The molecular formula is C15H25N3O. The molecule has 1 aromatic rings. The molecule has 1 fully saturated rings. The van der Waals surface area contributed by atoms with E-state index in [-0.39, 0.29) is 0 Å². The predicted octanol–water partition coefficient (Wildman–Crippen LogP) is 2.00. The molecule has 4 heteroatoms. The number of hydrogen-bond acceptors (Lipinski definition) is 2. The Morgan fingerprint density at radius 1 is 1.32 bits per heavy atom. The van der Waals surface area contributed by atoms with Crippen molar-refractivity contribution in [1.29, 1.82) is 0 Å². The molecule has 1 amide bonds. The lowest BCUT2D eigenvalue weighted by atomic mass is 10.1. The molecular weight excluding hydrogens is 238 g/mol. The number of amides is 1. The minimum absolute atomic E-state index is 0.304. The number of carbonyl (C=O) groups is 1. The number of likely N-dealkylation sites (tertiary alicyclic amines) is 1. The summed E-state index contributed by atoms with van der Waals surface area (Å²) >= 11 is 0. The minimum atomic E-state index is 0.304. The van der Waals surface area contributed by atoms with E-state index >= 15 is 0 Å². The van der Waals surface area contributed by atoms with Crippen molar-refractivity contribution in [3.8, 4) is 0 Å². The van der Waals surface area contributed by atoms with E-state index in [1.165, 1.54) is 25.0 Å². The maximum atomic E-state index is 12.0. The standard InChI is InChI=1S/C15H25N3O/c1-2-17-12-6-7-14(17)13-16-9-8-15(19)18-10-4-3-5-11-18/h6-7,12,16H,2-5,8-11,13H2,1H3. The van der Waals surface area contributed by atoms with Crippen molar-refractivity contribution < 1.29 is 4.79 Å². The van der Waals surface area contributed by atoms with E-state index in [2.05, 4.69) is 35.1 Å². The van der Waals surface area contributed by atoms with Crippen molar-refractivity contribution in [2.45, 2.75) is 45.7 Å². The zero-order valence-electron chi connectivity index (χ0n) is 11.9. The number of piperidine rings is 1. The molecule has 0 spiro atoms. The summed E-state index contributed by atoms with van der Waals surface area (Å²) in [6.45, 7) is 6.66. The van der Waals surface area contributed by atoms with Crippen LogP contribution < -0.4 is 5.32 Å². The maximum Gasteiger partial charge on any atom is 0.223 e. The first-order valence-electron chi connectivity index (χ1n) is 7.43. The van der Waals surface area contributed by atoms with Crippen molar-refractivity contribution in [2.24, 2.45) is 0 Å². The number of aromatic nitrogens is 1. The lowest BCUT2D eigenvalue weighted by molar-refractivity contribution is -0.131. The smallest absolute Gasteiger partial charge is 0.223 e. The van der Waals surface area contributed by atoms with Gasteiger partial charge in [-0.25, -0.2) is 0 Å². The molecule has 0 bridgehead atoms. The summed E-state index contributed by atoms with van der Waals surface area (Å²) in [5.74, 6) is 0.304. The molecule has 4 nitrogen and oxygen atoms in total. The van der Waals surface area contributed by atoms with Crippen LogP contribution in [0.5, 0.6) is 0 Å². The summed E-state index contributed by atoms with van der Waals surface area (Å²) in [4.78, 5) is 14.0. The van der Waals surface area contributed by atoms with Crippen molar-refractivity contribution in [3.05, 3.63) is 24.0 Å². The maximum absolute atomic E-state index is 12.0. The highest BCUT2D eigenvalue weighted by molar-refractivity contribution is 5.76. The van der Waals surface area contributed by atoms with E-state index in [0.29, 0.717) is 12.3 Å². The molecule has 0 aromatic carbocycles. The molecule has 1 N–H and O–H groups in total. The molecule has 1 aromatic heterocycles. The molecule has 0 unspecified atom stereocenters. The van der Waals surface area contributed by atoms with Crippen LogP contribution in [0.15, 0.2) is 18.3 Å². The van der Waals surface area contributed by atoms with E-state index in [0.717, 1.165) is 32.7 Å². The van der Waals surface area contributed by atoms with Crippen LogP contribution in [-0.4, -0.2) is 35.0 Å². The number of nitrogens with zero attached hydrogens (tertiary/aromatic N) is 2. The van der Waals surface area contributed by atoms with Gasteiger partial charge in [-0.1, -0.05) is 0 Å². The van der Waals surface area contributed by atoms with Crippen LogP contribution in [0.1, 0.15) is 38.3 Å². The fraction of sp³-hybridized carbons (Fsp3) is 0.667. The van der Waals surface area contributed by atoms with Crippen molar-refractivity contribution >= 4 is 5.91 Å². The van der Waals surface area contributed by atoms with Crippen LogP contribution in [0.25, 0.3) is 0 Å². The Hall–Kier alpha value is -1.29. The number of carbonyl (C=O) groups excluding carboxylic acids is 1. The van der Waals surface area contributed by atoms with E-state index in [9.17, 15) is 4.79 Å². The molecule has 0 aliphatic carbocycles. The third kappa shape index (κ3) is 4.10. The van der Waals surface area contributed by atoms with Crippen LogP contribution in [0.3, 0.4) is 0 Å². The van der Waals surface area contributed by atoms with Gasteiger partial charge in [-0.3, -0.25) is 4.79 Å². The van der Waals surface area contributed by atoms with Gasteiger partial charge in [0.1, 0.15) is 0 Å². The normalized spacial score (nSPS) is 15.7. The van der Waals surface area contributed by atoms with Gasteiger partial charge in [0.25, 0.3) is 0 Å². The van der Waals surface area contributed by atoms with Crippen LogP contribution >= 0.6 is 0 Å². The highest BCUT2D eigenvalue weighted by Crippen LogP contribution is 2.09. The lowest BCUT2D eigenvalue weighted by Gasteiger charge is -2.26. The molecule has 1 saturated heterocycles. The zero-order valence-corrected chi connectivity index (χ0v) is 11.9. The fourth-order valence-corrected chi connectivity index (χ4v) is 2.63. The molecule has 1 aliphatic heterocycles. The van der Waals surface area contributed by atoms with Crippen LogP contribution in [-0.2, 0) is 17.9 Å². The van der Waals surface area contributed by atoms with Crippen molar-refractivity contribution in [3.63, 3.8) is 0 Å². The van der Waals surface area contributed by atoms with Gasteiger partial charge >= 0.3 is 0 Å². The molecule has 2 heterocycles. The topological polar surface area (TPSA) is 37.3 Å². The second-order valence-electron chi connectivity index (χ2n) is 5.15. The summed E-state index contributed by atoms with van der Waals surface area (Å²) < 4.78 is 2.22. The highest BCUT2D eigenvalue weighted by Gasteiger charge is 2.15. The Bertz CT molecular complexity index is 394. The number of nitrogens with one attached hydrogen (secondary N) is 1. The van der Waals surface area contributed by atoms with Gasteiger partial charge < -0.3 is 14.8 Å². The van der Waals surface area contributed by atoms with E-state index in [4.69, 9.17) is 0 Å². The van der Waals surface area contributed by atoms with Gasteiger partial charge in [-0.2, -0.15) is 0 Å². The van der Waals surface area contributed by atoms with Crippen LogP contribution in [0, 0.1) is 0 Å². The van der Waals surface area contributed by atoms with Crippen LogP contribution in [0.4, 0.5) is 0 Å². The zero-order chi connectivity index (χ0) is 13.5. The molecule has 106 valence electrons. The van der Waals surface area contributed by atoms with Gasteiger partial charge in [0, 0.05) is 51.0 Å². The predicted molar refractivity (Wildman–Crippen MR) is 76.9 cm³/mol. The summed E-state index contributed by atoms with van der Waals surface area (Å²) in [6.07, 6.45) is 6.32. The van der Waals surface area contributed by atoms with Crippen LogP contribution in [0.2, 0.25) is 0 Å². The Kier molecular flexibility index (Phi) is 5.45. The number of rotatable bonds is 6. The Morgan fingerprint density at radius 3 is 2.84 bits per heavy atom. The molecule has 2 rings (SSSR count). The number of aryl methyl sites for hydroxylation is 1. The third-order valence-corrected chi connectivity index (χ3v) is 3.79. The van der Waals surface area contributed by atoms with Gasteiger partial charge in [0.05, 0.1) is 0 Å². The summed E-state index contributed by atoms with van der Waals surface area (Å²) in [5, 5.41) is 3.36. The summed E-state index contributed by atoms with van der Waals surface area (Å²) in [7, 11) is 0. The average molecular weight is 263 g/mol. The molecule has 1 aliphatic rings. The molecule has 0 saturated carbocycles. The SMILES string of the molecule is CCn1cccc1CNCCC(=O)N1CCCCC1. The number of hydrogen-bond donors (Lipinski definition) is 1. The monoisotopic (exact) mass is 263 g/mol. The fourth-order valence-electron chi connectivity index (χ4n) is 2.63. The second kappa shape index (κ2) is 7.34. The molecule has 0 radical (unpaired) electrons. The summed E-state index contributed by atoms with van der Waals surface area (Å²) in [5.41, 5.74) is 1.29. The van der Waals surface area contributed by atoms with Crippen molar-refractivity contribution in [2.75, 3.05) is 19.6 Å². The van der Waals surface area contributed by atoms with E-state index in [1.54, 1.807) is 0 Å². The Balaban J connectivity index is 1.65. The first kappa shape index (κ1) is 14.1. The largest absolute Gasteiger partial charge is 0.351 e. The highest BCUT2D eigenvalue weighted by atomic mass is 16.2. The second-order valence-corrected chi connectivity index (χ2v) is 5.15. The van der Waals surface area contributed by atoms with E-state index in [1.807, 2.05) is 4.90 Å². The van der Waals surface area contributed by atoms with Gasteiger partial charge in [0.2, 0.25) is 5.91 Å².